The van der Waals surface area contributed by atoms with E-state index in [2.05, 4.69) is 11.2 Å². The second-order valence-corrected chi connectivity index (χ2v) is 4.45. The molecule has 2 nitrogen and oxygen atoms in total. The number of hydrogen-bond acceptors (Lipinski definition) is 3. The molecule has 0 saturated carbocycles. The van der Waals surface area contributed by atoms with Crippen molar-refractivity contribution in [2.75, 3.05) is 38.2 Å². The van der Waals surface area contributed by atoms with E-state index >= 15 is 0 Å². The lowest BCUT2D eigenvalue weighted by molar-refractivity contribution is 0.253. The first-order valence-electron chi connectivity index (χ1n) is 4.69. The normalized spacial score (nSPS) is 25.0. The van der Waals surface area contributed by atoms with Crippen LogP contribution in [-0.4, -0.2) is 48.3 Å². The molecule has 1 heterocycles. The second kappa shape index (κ2) is 5.84. The molecule has 72 valence electrons. The molecule has 1 saturated heterocycles. The Labute approximate surface area is 79.3 Å². The fraction of sp³-hybridized carbons (Fsp3) is 1.00. The van der Waals surface area contributed by atoms with Crippen molar-refractivity contribution < 1.29 is 5.11 Å². The first kappa shape index (κ1) is 10.4. The number of hydrogen-bond donors (Lipinski definition) is 1. The van der Waals surface area contributed by atoms with E-state index in [1.54, 1.807) is 0 Å². The number of likely N-dealkylation sites (tertiary alicyclic amines) is 1. The average Bonchev–Trinajstić information content (AvgIpc) is 2.50. The predicted molar refractivity (Wildman–Crippen MR) is 54.6 cm³/mol. The van der Waals surface area contributed by atoms with Crippen LogP contribution in [0, 0.1) is 5.92 Å². The summed E-state index contributed by atoms with van der Waals surface area (Å²) in [5.41, 5.74) is 0. The number of nitrogens with zero attached hydrogens (tertiary/aromatic N) is 1. The van der Waals surface area contributed by atoms with Gasteiger partial charge < -0.3 is 10.0 Å². The summed E-state index contributed by atoms with van der Waals surface area (Å²) in [5, 5.41) is 8.77. The van der Waals surface area contributed by atoms with Crippen LogP contribution in [0.3, 0.4) is 0 Å². The van der Waals surface area contributed by atoms with Crippen LogP contribution in [0.25, 0.3) is 0 Å². The highest BCUT2D eigenvalue weighted by atomic mass is 32.2. The molecule has 1 rings (SSSR count). The molecule has 1 aliphatic heterocycles. The van der Waals surface area contributed by atoms with Gasteiger partial charge in [-0.15, -0.1) is 0 Å². The Morgan fingerprint density at radius 3 is 3.08 bits per heavy atom. The summed E-state index contributed by atoms with van der Waals surface area (Å²) >= 11 is 1.91. The standard InChI is InChI=1S/C9H19NOS/c1-12-7-5-10-4-2-9(8-10)3-6-11/h9,11H,2-8H2,1H3. The van der Waals surface area contributed by atoms with Crippen molar-refractivity contribution in [2.45, 2.75) is 12.8 Å². The van der Waals surface area contributed by atoms with E-state index in [1.807, 2.05) is 11.8 Å². The van der Waals surface area contributed by atoms with Gasteiger partial charge in [0.2, 0.25) is 0 Å². The molecule has 1 unspecified atom stereocenters. The summed E-state index contributed by atoms with van der Waals surface area (Å²) in [4.78, 5) is 2.51. The predicted octanol–water partition coefficient (Wildman–Crippen LogP) is 1.05. The summed E-state index contributed by atoms with van der Waals surface area (Å²) in [5.74, 6) is 2.00. The molecule has 12 heavy (non-hydrogen) atoms. The molecule has 0 aromatic heterocycles. The third-order valence-electron chi connectivity index (χ3n) is 2.52. The van der Waals surface area contributed by atoms with Crippen molar-refractivity contribution in [3.63, 3.8) is 0 Å². The van der Waals surface area contributed by atoms with Gasteiger partial charge in [0.15, 0.2) is 0 Å². The van der Waals surface area contributed by atoms with Gasteiger partial charge in [0, 0.05) is 25.4 Å². The van der Waals surface area contributed by atoms with Crippen LogP contribution < -0.4 is 0 Å². The van der Waals surface area contributed by atoms with Crippen LogP contribution in [0.15, 0.2) is 0 Å². The van der Waals surface area contributed by atoms with Gasteiger partial charge in [0.05, 0.1) is 0 Å². The highest BCUT2D eigenvalue weighted by molar-refractivity contribution is 7.98. The van der Waals surface area contributed by atoms with Crippen molar-refractivity contribution in [1.29, 1.82) is 0 Å². The van der Waals surface area contributed by atoms with Crippen LogP contribution in [0.1, 0.15) is 12.8 Å². The highest BCUT2D eigenvalue weighted by Crippen LogP contribution is 2.18. The first-order valence-corrected chi connectivity index (χ1v) is 6.08. The topological polar surface area (TPSA) is 23.5 Å². The Hall–Kier alpha value is 0.270. The zero-order valence-corrected chi connectivity index (χ0v) is 8.65. The van der Waals surface area contributed by atoms with Crippen LogP contribution in [0.2, 0.25) is 0 Å². The number of aliphatic hydroxyl groups is 1. The van der Waals surface area contributed by atoms with E-state index in [1.165, 1.54) is 31.8 Å². The molecule has 1 atom stereocenters. The average molecular weight is 189 g/mol. The van der Waals surface area contributed by atoms with E-state index in [0.717, 1.165) is 12.3 Å². The number of thioether (sulfide) groups is 1. The fourth-order valence-corrected chi connectivity index (χ4v) is 2.20. The van der Waals surface area contributed by atoms with Crippen molar-refractivity contribution >= 4 is 11.8 Å². The Bertz CT molecular complexity index is 121. The Morgan fingerprint density at radius 1 is 1.58 bits per heavy atom. The molecule has 1 aliphatic rings. The van der Waals surface area contributed by atoms with E-state index in [4.69, 9.17) is 5.11 Å². The van der Waals surface area contributed by atoms with Gasteiger partial charge >= 0.3 is 0 Å². The fourth-order valence-electron chi connectivity index (χ4n) is 1.75. The van der Waals surface area contributed by atoms with Crippen molar-refractivity contribution in [1.82, 2.24) is 4.90 Å². The molecular weight excluding hydrogens is 170 g/mol. The quantitative estimate of drug-likeness (QED) is 0.699. The lowest BCUT2D eigenvalue weighted by Crippen LogP contribution is -2.23. The Kier molecular flexibility index (Phi) is 5.04. The number of rotatable bonds is 5. The van der Waals surface area contributed by atoms with Gasteiger partial charge in [-0.05, 0) is 31.6 Å². The molecule has 0 aliphatic carbocycles. The van der Waals surface area contributed by atoms with Gasteiger partial charge in [-0.2, -0.15) is 11.8 Å². The molecule has 0 bridgehead atoms. The van der Waals surface area contributed by atoms with Crippen molar-refractivity contribution in [3.05, 3.63) is 0 Å². The van der Waals surface area contributed by atoms with Gasteiger partial charge in [-0.1, -0.05) is 0 Å². The third-order valence-corrected chi connectivity index (χ3v) is 3.11. The summed E-state index contributed by atoms with van der Waals surface area (Å²) in [6.07, 6.45) is 4.44. The molecule has 0 spiro atoms. The molecule has 0 aromatic rings. The SMILES string of the molecule is CSCCN1CCC(CCO)C1. The first-order chi connectivity index (χ1) is 5.86. The highest BCUT2D eigenvalue weighted by Gasteiger charge is 2.20. The minimum atomic E-state index is 0.362. The minimum absolute atomic E-state index is 0.362. The largest absolute Gasteiger partial charge is 0.396 e. The van der Waals surface area contributed by atoms with E-state index < -0.39 is 0 Å². The van der Waals surface area contributed by atoms with Crippen molar-refractivity contribution in [3.8, 4) is 0 Å². The molecule has 0 amide bonds. The van der Waals surface area contributed by atoms with Crippen LogP contribution in [0.4, 0.5) is 0 Å². The summed E-state index contributed by atoms with van der Waals surface area (Å²) in [7, 11) is 0. The van der Waals surface area contributed by atoms with Crippen molar-refractivity contribution in [2.24, 2.45) is 5.92 Å². The zero-order valence-electron chi connectivity index (χ0n) is 7.83. The number of aliphatic hydroxyl groups excluding tert-OH is 1. The summed E-state index contributed by atoms with van der Waals surface area (Å²) in [6.45, 7) is 4.04. The van der Waals surface area contributed by atoms with Gasteiger partial charge in [-0.3, -0.25) is 0 Å². The monoisotopic (exact) mass is 189 g/mol. The lowest BCUT2D eigenvalue weighted by Gasteiger charge is -2.14. The van der Waals surface area contributed by atoms with Crippen LogP contribution in [0.5, 0.6) is 0 Å². The van der Waals surface area contributed by atoms with Gasteiger partial charge in [-0.25, -0.2) is 0 Å². The zero-order chi connectivity index (χ0) is 8.81. The Balaban J connectivity index is 2.08. The minimum Gasteiger partial charge on any atom is -0.396 e. The Morgan fingerprint density at radius 2 is 2.42 bits per heavy atom. The molecule has 0 radical (unpaired) electrons. The lowest BCUT2D eigenvalue weighted by atomic mass is 10.1. The molecule has 1 fully saturated rings. The van der Waals surface area contributed by atoms with E-state index in [9.17, 15) is 0 Å². The maximum Gasteiger partial charge on any atom is 0.0434 e. The maximum absolute atomic E-state index is 8.77. The van der Waals surface area contributed by atoms with Gasteiger partial charge in [0.1, 0.15) is 0 Å². The van der Waals surface area contributed by atoms with E-state index in [0.29, 0.717) is 6.61 Å². The van der Waals surface area contributed by atoms with Crippen LogP contribution in [-0.2, 0) is 0 Å². The summed E-state index contributed by atoms with van der Waals surface area (Å²) in [6, 6.07) is 0. The van der Waals surface area contributed by atoms with Gasteiger partial charge in [0.25, 0.3) is 0 Å². The molecule has 0 aromatic carbocycles. The van der Waals surface area contributed by atoms with E-state index in [-0.39, 0.29) is 0 Å². The molecular formula is C9H19NOS. The second-order valence-electron chi connectivity index (χ2n) is 3.46. The smallest absolute Gasteiger partial charge is 0.0434 e. The summed E-state index contributed by atoms with van der Waals surface area (Å²) < 4.78 is 0. The maximum atomic E-state index is 8.77. The van der Waals surface area contributed by atoms with Crippen LogP contribution >= 0.6 is 11.8 Å². The third kappa shape index (κ3) is 3.33. The molecule has 1 N–H and O–H groups in total. The molecule has 3 heteroatoms.